The molecule has 0 atom stereocenters. The van der Waals surface area contributed by atoms with E-state index in [4.69, 9.17) is 10.5 Å². The maximum absolute atomic E-state index is 6.03. The first-order valence-corrected chi connectivity index (χ1v) is 5.83. The number of nitrogen functional groups attached to an aromatic ring is 1. The van der Waals surface area contributed by atoms with E-state index in [2.05, 4.69) is 19.7 Å². The number of methoxy groups -OCH3 is 1. The minimum atomic E-state index is 0.720. The summed E-state index contributed by atoms with van der Waals surface area (Å²) >= 11 is 0. The van der Waals surface area contributed by atoms with Crippen LogP contribution in [0.1, 0.15) is 5.82 Å². The van der Waals surface area contributed by atoms with Gasteiger partial charge >= 0.3 is 0 Å². The minimum absolute atomic E-state index is 0.720. The Morgan fingerprint density at radius 2 is 2.22 bits per heavy atom. The van der Waals surface area contributed by atoms with Gasteiger partial charge in [0.15, 0.2) is 5.82 Å². The lowest BCUT2D eigenvalue weighted by Crippen LogP contribution is -2.34. The van der Waals surface area contributed by atoms with Gasteiger partial charge in [-0.2, -0.15) is 0 Å². The van der Waals surface area contributed by atoms with Gasteiger partial charge in [0.2, 0.25) is 0 Å². The molecule has 3 rings (SSSR count). The van der Waals surface area contributed by atoms with Crippen molar-refractivity contribution in [1.82, 2.24) is 14.8 Å². The van der Waals surface area contributed by atoms with Crippen molar-refractivity contribution < 1.29 is 4.74 Å². The number of hydrogen-bond acceptors (Lipinski definition) is 5. The predicted molar refractivity (Wildman–Crippen MR) is 68.5 cm³/mol. The standard InChI is InChI=1S/C12H15N5O/c1-18-9-2-3-10(13)11(6-9)16-4-5-17-8-14-15-12(17)7-16/h2-3,6,8H,4-5,7,13H2,1H3. The van der Waals surface area contributed by atoms with Crippen molar-refractivity contribution in [2.45, 2.75) is 13.1 Å². The molecular formula is C12H15N5O. The van der Waals surface area contributed by atoms with Crippen molar-refractivity contribution in [3.8, 4) is 5.75 Å². The quantitative estimate of drug-likeness (QED) is 0.796. The Kier molecular flexibility index (Phi) is 2.55. The van der Waals surface area contributed by atoms with E-state index in [0.29, 0.717) is 0 Å². The molecule has 0 saturated heterocycles. The van der Waals surface area contributed by atoms with E-state index < -0.39 is 0 Å². The second kappa shape index (κ2) is 4.21. The summed E-state index contributed by atoms with van der Waals surface area (Å²) in [6.07, 6.45) is 1.77. The van der Waals surface area contributed by atoms with Gasteiger partial charge < -0.3 is 19.9 Å². The topological polar surface area (TPSA) is 69.2 Å². The zero-order valence-corrected chi connectivity index (χ0v) is 10.2. The van der Waals surface area contributed by atoms with Crippen LogP contribution in [-0.2, 0) is 13.1 Å². The second-order valence-corrected chi connectivity index (χ2v) is 4.29. The molecule has 0 amide bonds. The van der Waals surface area contributed by atoms with Gasteiger partial charge in [-0.3, -0.25) is 0 Å². The Labute approximate surface area is 105 Å². The zero-order valence-electron chi connectivity index (χ0n) is 10.2. The Bertz CT molecular complexity index is 565. The maximum atomic E-state index is 6.03. The normalized spacial score (nSPS) is 14.4. The Hall–Kier alpha value is -2.24. The Morgan fingerprint density at radius 1 is 1.33 bits per heavy atom. The van der Waals surface area contributed by atoms with Crippen LogP contribution in [0.4, 0.5) is 11.4 Å². The van der Waals surface area contributed by atoms with Crippen LogP contribution in [0.3, 0.4) is 0 Å². The van der Waals surface area contributed by atoms with Crippen LogP contribution < -0.4 is 15.4 Å². The molecule has 2 N–H and O–H groups in total. The molecule has 6 heteroatoms. The Balaban J connectivity index is 1.92. The highest BCUT2D eigenvalue weighted by molar-refractivity contribution is 5.69. The van der Waals surface area contributed by atoms with Crippen LogP contribution in [-0.4, -0.2) is 28.4 Å². The summed E-state index contributed by atoms with van der Waals surface area (Å²) < 4.78 is 7.30. The number of rotatable bonds is 2. The first-order chi connectivity index (χ1) is 8.78. The first-order valence-electron chi connectivity index (χ1n) is 5.83. The van der Waals surface area contributed by atoms with Crippen LogP contribution in [0.15, 0.2) is 24.5 Å². The predicted octanol–water partition coefficient (Wildman–Crippen LogP) is 0.889. The second-order valence-electron chi connectivity index (χ2n) is 4.29. The van der Waals surface area contributed by atoms with Crippen molar-refractivity contribution >= 4 is 11.4 Å². The summed E-state index contributed by atoms with van der Waals surface area (Å²) in [5, 5.41) is 8.02. The average Bonchev–Trinajstić information content (AvgIpc) is 2.86. The molecule has 1 aromatic carbocycles. The van der Waals surface area contributed by atoms with E-state index in [-0.39, 0.29) is 0 Å². The summed E-state index contributed by atoms with van der Waals surface area (Å²) in [4.78, 5) is 2.20. The van der Waals surface area contributed by atoms with Gasteiger partial charge in [-0.05, 0) is 12.1 Å². The molecule has 2 heterocycles. The van der Waals surface area contributed by atoms with E-state index in [0.717, 1.165) is 42.6 Å². The fourth-order valence-corrected chi connectivity index (χ4v) is 2.20. The number of ether oxygens (including phenoxy) is 1. The number of anilines is 2. The smallest absolute Gasteiger partial charge is 0.152 e. The number of nitrogens with two attached hydrogens (primary N) is 1. The third-order valence-electron chi connectivity index (χ3n) is 3.22. The van der Waals surface area contributed by atoms with E-state index >= 15 is 0 Å². The lowest BCUT2D eigenvalue weighted by Gasteiger charge is -2.30. The van der Waals surface area contributed by atoms with Gasteiger partial charge in [0, 0.05) is 19.2 Å². The minimum Gasteiger partial charge on any atom is -0.497 e. The molecule has 0 spiro atoms. The van der Waals surface area contributed by atoms with Gasteiger partial charge in [0.25, 0.3) is 0 Å². The van der Waals surface area contributed by atoms with Gasteiger partial charge in [-0.15, -0.1) is 10.2 Å². The third-order valence-corrected chi connectivity index (χ3v) is 3.22. The lowest BCUT2D eigenvalue weighted by molar-refractivity contribution is 0.414. The van der Waals surface area contributed by atoms with Crippen molar-refractivity contribution in [3.63, 3.8) is 0 Å². The van der Waals surface area contributed by atoms with Crippen LogP contribution in [0.25, 0.3) is 0 Å². The molecule has 1 aliphatic heterocycles. The molecule has 18 heavy (non-hydrogen) atoms. The highest BCUT2D eigenvalue weighted by Gasteiger charge is 2.19. The van der Waals surface area contributed by atoms with Crippen LogP contribution in [0, 0.1) is 0 Å². The lowest BCUT2D eigenvalue weighted by atomic mass is 10.2. The van der Waals surface area contributed by atoms with Crippen molar-refractivity contribution in [3.05, 3.63) is 30.4 Å². The molecule has 6 nitrogen and oxygen atoms in total. The fraction of sp³-hybridized carbons (Fsp3) is 0.333. The summed E-state index contributed by atoms with van der Waals surface area (Å²) in [5.74, 6) is 1.77. The summed E-state index contributed by atoms with van der Waals surface area (Å²) in [5.41, 5.74) is 7.77. The highest BCUT2D eigenvalue weighted by Crippen LogP contribution is 2.30. The fourth-order valence-electron chi connectivity index (χ4n) is 2.20. The average molecular weight is 245 g/mol. The van der Waals surface area contributed by atoms with E-state index in [1.807, 2.05) is 18.2 Å². The third kappa shape index (κ3) is 1.75. The van der Waals surface area contributed by atoms with Gasteiger partial charge in [0.05, 0.1) is 25.0 Å². The summed E-state index contributed by atoms with van der Waals surface area (Å²) in [6.45, 7) is 2.48. The molecule has 1 aliphatic rings. The van der Waals surface area contributed by atoms with Gasteiger partial charge in [-0.1, -0.05) is 0 Å². The number of benzene rings is 1. The summed E-state index contributed by atoms with van der Waals surface area (Å²) in [6, 6.07) is 5.69. The molecule has 1 aromatic heterocycles. The molecule has 0 aliphatic carbocycles. The summed E-state index contributed by atoms with van der Waals surface area (Å²) in [7, 11) is 1.65. The molecule has 0 radical (unpaired) electrons. The number of hydrogen-bond donors (Lipinski definition) is 1. The Morgan fingerprint density at radius 3 is 3.06 bits per heavy atom. The van der Waals surface area contributed by atoms with Crippen LogP contribution >= 0.6 is 0 Å². The number of aromatic nitrogens is 3. The van der Waals surface area contributed by atoms with Gasteiger partial charge in [0.1, 0.15) is 12.1 Å². The molecule has 0 saturated carbocycles. The monoisotopic (exact) mass is 245 g/mol. The highest BCUT2D eigenvalue weighted by atomic mass is 16.5. The van der Waals surface area contributed by atoms with Crippen molar-refractivity contribution in [2.75, 3.05) is 24.3 Å². The van der Waals surface area contributed by atoms with Crippen LogP contribution in [0.2, 0.25) is 0 Å². The molecule has 0 unspecified atom stereocenters. The zero-order chi connectivity index (χ0) is 12.5. The van der Waals surface area contributed by atoms with E-state index in [1.165, 1.54) is 0 Å². The number of fused-ring (bicyclic) bond motifs is 1. The van der Waals surface area contributed by atoms with E-state index in [9.17, 15) is 0 Å². The van der Waals surface area contributed by atoms with E-state index in [1.54, 1.807) is 13.4 Å². The van der Waals surface area contributed by atoms with Crippen molar-refractivity contribution in [1.29, 1.82) is 0 Å². The molecule has 0 fully saturated rings. The maximum Gasteiger partial charge on any atom is 0.152 e. The van der Waals surface area contributed by atoms with Gasteiger partial charge in [-0.25, -0.2) is 0 Å². The largest absolute Gasteiger partial charge is 0.497 e. The molecule has 2 aromatic rings. The first kappa shape index (κ1) is 10.9. The van der Waals surface area contributed by atoms with Crippen LogP contribution in [0.5, 0.6) is 5.75 Å². The molecule has 94 valence electrons. The molecule has 0 bridgehead atoms. The van der Waals surface area contributed by atoms with Crippen molar-refractivity contribution in [2.24, 2.45) is 0 Å². The number of nitrogens with zero attached hydrogens (tertiary/aromatic N) is 4. The SMILES string of the molecule is COc1ccc(N)c(N2CCn3cnnc3C2)c1. The molecular weight excluding hydrogens is 230 g/mol.